The van der Waals surface area contributed by atoms with Crippen LogP contribution in [0.25, 0.3) is 0 Å². The number of rotatable bonds is 4. The van der Waals surface area contributed by atoms with Crippen LogP contribution in [-0.4, -0.2) is 39.3 Å². The highest BCUT2D eigenvalue weighted by Crippen LogP contribution is 2.26. The number of hydrogen-bond acceptors (Lipinski definition) is 5. The maximum Gasteiger partial charge on any atom is 0.305 e. The molecule has 1 aromatic carbocycles. The van der Waals surface area contributed by atoms with Crippen LogP contribution in [-0.2, 0) is 4.79 Å². The lowest BCUT2D eigenvalue weighted by molar-refractivity contribution is -0.384. The Kier molecular flexibility index (Phi) is 2.99. The number of nitro groups is 1. The van der Waals surface area contributed by atoms with Crippen molar-refractivity contribution < 1.29 is 24.4 Å². The van der Waals surface area contributed by atoms with E-state index in [1.165, 1.54) is 6.07 Å². The minimum absolute atomic E-state index is 0.0565. The Morgan fingerprint density at radius 2 is 1.89 bits per heavy atom. The van der Waals surface area contributed by atoms with Gasteiger partial charge in [0.15, 0.2) is 0 Å². The van der Waals surface area contributed by atoms with E-state index in [2.05, 4.69) is 0 Å². The third-order valence-electron chi connectivity index (χ3n) is 2.71. The standard InChI is InChI=1S/C11H8N2O6/c14-9(15)3-4-12-10(16)7-2-1-6(13(18)19)5-8(7)11(12)17/h1-2,5H,3-4H2,(H,14,15). The molecule has 1 aliphatic rings. The summed E-state index contributed by atoms with van der Waals surface area (Å²) >= 11 is 0. The molecule has 19 heavy (non-hydrogen) atoms. The molecule has 1 aliphatic heterocycles. The third-order valence-corrected chi connectivity index (χ3v) is 2.71. The fourth-order valence-electron chi connectivity index (χ4n) is 1.80. The lowest BCUT2D eigenvalue weighted by atomic mass is 10.1. The number of carbonyl (C=O) groups is 3. The van der Waals surface area contributed by atoms with E-state index in [0.29, 0.717) is 0 Å². The summed E-state index contributed by atoms with van der Waals surface area (Å²) in [5.74, 6) is -2.47. The molecule has 1 heterocycles. The molecule has 0 fully saturated rings. The topological polar surface area (TPSA) is 118 Å². The number of hydrogen-bond donors (Lipinski definition) is 1. The number of fused-ring (bicyclic) bond motifs is 1. The lowest BCUT2D eigenvalue weighted by Gasteiger charge is -2.11. The number of non-ortho nitro benzene ring substituents is 1. The SMILES string of the molecule is O=C(O)CCN1C(=O)c2ccc([N+](=O)[O-])cc2C1=O. The monoisotopic (exact) mass is 264 g/mol. The zero-order chi connectivity index (χ0) is 14.2. The molecular weight excluding hydrogens is 256 g/mol. The fraction of sp³-hybridized carbons (Fsp3) is 0.182. The highest BCUT2D eigenvalue weighted by molar-refractivity contribution is 6.21. The van der Waals surface area contributed by atoms with Gasteiger partial charge in [0.05, 0.1) is 22.5 Å². The average Bonchev–Trinajstić information content (AvgIpc) is 2.59. The maximum atomic E-state index is 11.9. The Bertz CT molecular complexity index is 609. The van der Waals surface area contributed by atoms with Crippen molar-refractivity contribution in [2.75, 3.05) is 6.54 Å². The first-order valence-electron chi connectivity index (χ1n) is 5.28. The molecule has 0 aromatic heterocycles. The Morgan fingerprint density at radius 1 is 1.26 bits per heavy atom. The number of amides is 2. The number of carbonyl (C=O) groups excluding carboxylic acids is 2. The first kappa shape index (κ1) is 12.7. The minimum atomic E-state index is -1.14. The Hall–Kier alpha value is -2.77. The molecule has 98 valence electrons. The fourth-order valence-corrected chi connectivity index (χ4v) is 1.80. The van der Waals surface area contributed by atoms with Gasteiger partial charge in [-0.1, -0.05) is 0 Å². The van der Waals surface area contributed by atoms with Gasteiger partial charge in [-0.05, 0) is 6.07 Å². The van der Waals surface area contributed by atoms with Crippen LogP contribution in [0.15, 0.2) is 18.2 Å². The number of nitrogens with zero attached hydrogens (tertiary/aromatic N) is 2. The average molecular weight is 264 g/mol. The van der Waals surface area contributed by atoms with E-state index in [1.54, 1.807) is 0 Å². The summed E-state index contributed by atoms with van der Waals surface area (Å²) in [6, 6.07) is 3.36. The Labute approximate surface area is 106 Å². The molecule has 0 bridgehead atoms. The molecule has 1 N–H and O–H groups in total. The van der Waals surface area contributed by atoms with Crippen LogP contribution in [0.3, 0.4) is 0 Å². The molecule has 0 saturated heterocycles. The maximum absolute atomic E-state index is 11.9. The summed E-state index contributed by atoms with van der Waals surface area (Å²) in [6.45, 7) is -0.254. The molecular formula is C11H8N2O6. The van der Waals surface area contributed by atoms with Crippen molar-refractivity contribution in [1.82, 2.24) is 4.90 Å². The van der Waals surface area contributed by atoms with E-state index in [1.807, 2.05) is 0 Å². The van der Waals surface area contributed by atoms with E-state index in [9.17, 15) is 24.5 Å². The molecule has 2 rings (SSSR count). The van der Waals surface area contributed by atoms with Gasteiger partial charge >= 0.3 is 5.97 Å². The molecule has 1 aromatic rings. The number of imide groups is 1. The molecule has 8 nitrogen and oxygen atoms in total. The van der Waals surface area contributed by atoms with Crippen LogP contribution < -0.4 is 0 Å². The lowest BCUT2D eigenvalue weighted by Crippen LogP contribution is -2.31. The highest BCUT2D eigenvalue weighted by atomic mass is 16.6. The van der Waals surface area contributed by atoms with Gasteiger partial charge in [-0.25, -0.2) is 0 Å². The van der Waals surface area contributed by atoms with E-state index in [-0.39, 0.29) is 29.8 Å². The molecule has 0 unspecified atom stereocenters. The summed E-state index contributed by atoms with van der Waals surface area (Å²) in [4.78, 5) is 44.9. The van der Waals surface area contributed by atoms with Crippen LogP contribution in [0.4, 0.5) is 5.69 Å². The van der Waals surface area contributed by atoms with E-state index in [0.717, 1.165) is 17.0 Å². The van der Waals surface area contributed by atoms with Crippen molar-refractivity contribution in [1.29, 1.82) is 0 Å². The number of carboxylic acid groups (broad SMARTS) is 1. The van der Waals surface area contributed by atoms with Crippen molar-refractivity contribution in [2.24, 2.45) is 0 Å². The van der Waals surface area contributed by atoms with Gasteiger partial charge in [-0.3, -0.25) is 29.4 Å². The first-order valence-corrected chi connectivity index (χ1v) is 5.28. The van der Waals surface area contributed by atoms with Gasteiger partial charge < -0.3 is 5.11 Å². The summed E-state index contributed by atoms with van der Waals surface area (Å²) in [7, 11) is 0. The second kappa shape index (κ2) is 4.48. The molecule has 0 radical (unpaired) electrons. The van der Waals surface area contributed by atoms with Crippen LogP contribution in [0.5, 0.6) is 0 Å². The van der Waals surface area contributed by atoms with Crippen molar-refractivity contribution in [3.8, 4) is 0 Å². The molecule has 0 spiro atoms. The van der Waals surface area contributed by atoms with Crippen LogP contribution in [0, 0.1) is 10.1 Å². The van der Waals surface area contributed by atoms with Gasteiger partial charge in [0.1, 0.15) is 0 Å². The number of nitro benzene ring substituents is 1. The predicted molar refractivity (Wildman–Crippen MR) is 60.7 cm³/mol. The largest absolute Gasteiger partial charge is 0.481 e. The molecule has 2 amide bonds. The molecule has 0 atom stereocenters. The van der Waals surface area contributed by atoms with Crippen molar-refractivity contribution in [3.05, 3.63) is 39.4 Å². The second-order valence-electron chi connectivity index (χ2n) is 3.89. The van der Waals surface area contributed by atoms with Crippen molar-refractivity contribution in [3.63, 3.8) is 0 Å². The van der Waals surface area contributed by atoms with E-state index < -0.39 is 22.7 Å². The van der Waals surface area contributed by atoms with Gasteiger partial charge in [0.25, 0.3) is 17.5 Å². The van der Waals surface area contributed by atoms with Crippen LogP contribution in [0.2, 0.25) is 0 Å². The minimum Gasteiger partial charge on any atom is -0.481 e. The first-order chi connectivity index (χ1) is 8.91. The predicted octanol–water partition coefficient (Wildman–Crippen LogP) is 0.665. The summed E-state index contributed by atoms with van der Waals surface area (Å²) in [5, 5.41) is 19.1. The van der Waals surface area contributed by atoms with E-state index in [4.69, 9.17) is 5.11 Å². The van der Waals surface area contributed by atoms with Gasteiger partial charge in [0, 0.05) is 18.7 Å². The number of benzene rings is 1. The number of aliphatic carboxylic acids is 1. The van der Waals surface area contributed by atoms with E-state index >= 15 is 0 Å². The second-order valence-corrected chi connectivity index (χ2v) is 3.89. The van der Waals surface area contributed by atoms with Gasteiger partial charge in [0.2, 0.25) is 0 Å². The Balaban J connectivity index is 2.33. The Morgan fingerprint density at radius 3 is 2.47 bits per heavy atom. The number of carboxylic acids is 1. The highest BCUT2D eigenvalue weighted by Gasteiger charge is 2.36. The molecule has 8 heteroatoms. The smallest absolute Gasteiger partial charge is 0.305 e. The summed E-state index contributed by atoms with van der Waals surface area (Å²) in [5.41, 5.74) is -0.300. The van der Waals surface area contributed by atoms with Crippen LogP contribution >= 0.6 is 0 Å². The van der Waals surface area contributed by atoms with Crippen molar-refractivity contribution in [2.45, 2.75) is 6.42 Å². The van der Waals surface area contributed by atoms with Gasteiger partial charge in [-0.15, -0.1) is 0 Å². The summed E-state index contributed by atoms with van der Waals surface area (Å²) in [6.07, 6.45) is -0.367. The zero-order valence-electron chi connectivity index (χ0n) is 9.53. The van der Waals surface area contributed by atoms with Crippen molar-refractivity contribution >= 4 is 23.5 Å². The molecule has 0 aliphatic carbocycles. The normalized spacial score (nSPS) is 13.6. The zero-order valence-corrected chi connectivity index (χ0v) is 9.53. The molecule has 0 saturated carbocycles. The van der Waals surface area contributed by atoms with Gasteiger partial charge in [-0.2, -0.15) is 0 Å². The summed E-state index contributed by atoms with van der Waals surface area (Å²) < 4.78 is 0. The quantitative estimate of drug-likeness (QED) is 0.485. The van der Waals surface area contributed by atoms with Crippen LogP contribution in [0.1, 0.15) is 27.1 Å². The third kappa shape index (κ3) is 2.15.